The predicted octanol–water partition coefficient (Wildman–Crippen LogP) is 3.14. The highest BCUT2D eigenvalue weighted by Crippen LogP contribution is 2.24. The van der Waals surface area contributed by atoms with Crippen molar-refractivity contribution in [1.29, 1.82) is 5.41 Å². The van der Waals surface area contributed by atoms with Gasteiger partial charge in [-0.2, -0.15) is 0 Å². The average Bonchev–Trinajstić information content (AvgIpc) is 2.32. The maximum atomic E-state index is 11.8. The van der Waals surface area contributed by atoms with Crippen LogP contribution in [-0.2, 0) is 16.0 Å². The summed E-state index contributed by atoms with van der Waals surface area (Å²) in [7, 11) is 0. The summed E-state index contributed by atoms with van der Waals surface area (Å²) in [4.78, 5) is 23.0. The van der Waals surface area contributed by atoms with Gasteiger partial charge >= 0.3 is 6.09 Å². The van der Waals surface area contributed by atoms with Crippen molar-refractivity contribution in [2.75, 3.05) is 0 Å². The van der Waals surface area contributed by atoms with Gasteiger partial charge < -0.3 is 4.74 Å². The van der Waals surface area contributed by atoms with Crippen molar-refractivity contribution in [3.63, 3.8) is 0 Å². The van der Waals surface area contributed by atoms with Crippen LogP contribution in [-0.4, -0.2) is 24.1 Å². The van der Waals surface area contributed by atoms with Gasteiger partial charge in [-0.15, -0.1) is 12.4 Å². The van der Waals surface area contributed by atoms with Crippen LogP contribution in [0.25, 0.3) is 0 Å². The van der Waals surface area contributed by atoms with Crippen LogP contribution in [0.2, 0.25) is 10.0 Å². The summed E-state index contributed by atoms with van der Waals surface area (Å²) in [5.41, 5.74) is 0.455. The fourth-order valence-electron chi connectivity index (χ4n) is 1.42. The van der Waals surface area contributed by atoms with Crippen LogP contribution >= 0.6 is 35.6 Å². The molecule has 1 rings (SSSR count). The SMILES string of the molecule is CC(C)OC(=O)NC(=N)NC(=O)Cc1c(Cl)cccc1Cl.Cl. The molecular weight excluding hydrogens is 353 g/mol. The number of alkyl carbamates (subject to hydrolysis) is 1. The van der Waals surface area contributed by atoms with Crippen LogP contribution in [0.1, 0.15) is 19.4 Å². The second kappa shape index (κ2) is 9.50. The Bertz CT molecular complexity index is 544. The molecule has 0 bridgehead atoms. The third kappa shape index (κ3) is 6.98. The van der Waals surface area contributed by atoms with Gasteiger partial charge in [0.1, 0.15) is 0 Å². The van der Waals surface area contributed by atoms with E-state index in [1.54, 1.807) is 32.0 Å². The predicted molar refractivity (Wildman–Crippen MR) is 88.0 cm³/mol. The molecule has 0 heterocycles. The van der Waals surface area contributed by atoms with Gasteiger partial charge in [-0.25, -0.2) is 4.79 Å². The van der Waals surface area contributed by atoms with Crippen LogP contribution in [0.15, 0.2) is 18.2 Å². The van der Waals surface area contributed by atoms with E-state index in [4.69, 9.17) is 33.3 Å². The van der Waals surface area contributed by atoms with E-state index in [1.165, 1.54) is 0 Å². The van der Waals surface area contributed by atoms with Crippen molar-refractivity contribution in [1.82, 2.24) is 10.6 Å². The first-order valence-electron chi connectivity index (χ1n) is 6.08. The zero-order chi connectivity index (χ0) is 16.0. The van der Waals surface area contributed by atoms with Gasteiger partial charge in [0, 0.05) is 10.0 Å². The maximum Gasteiger partial charge on any atom is 0.414 e. The molecule has 2 amide bonds. The first-order chi connectivity index (χ1) is 9.79. The van der Waals surface area contributed by atoms with Gasteiger partial charge in [-0.05, 0) is 31.5 Å². The van der Waals surface area contributed by atoms with Gasteiger partial charge in [-0.3, -0.25) is 20.8 Å². The smallest absolute Gasteiger partial charge is 0.414 e. The number of carbonyl (C=O) groups excluding carboxylic acids is 2. The van der Waals surface area contributed by atoms with E-state index < -0.39 is 18.0 Å². The highest BCUT2D eigenvalue weighted by atomic mass is 35.5. The van der Waals surface area contributed by atoms with Gasteiger partial charge in [0.15, 0.2) is 0 Å². The largest absolute Gasteiger partial charge is 0.447 e. The van der Waals surface area contributed by atoms with Crippen LogP contribution in [0, 0.1) is 5.41 Å². The minimum atomic E-state index is -0.814. The fourth-order valence-corrected chi connectivity index (χ4v) is 1.95. The molecule has 122 valence electrons. The highest BCUT2D eigenvalue weighted by Gasteiger charge is 2.14. The van der Waals surface area contributed by atoms with Crippen LogP contribution in [0.5, 0.6) is 0 Å². The van der Waals surface area contributed by atoms with Gasteiger partial charge in [0.25, 0.3) is 0 Å². The van der Waals surface area contributed by atoms with Crippen LogP contribution < -0.4 is 10.6 Å². The van der Waals surface area contributed by atoms with Crippen molar-refractivity contribution in [2.24, 2.45) is 0 Å². The summed E-state index contributed by atoms with van der Waals surface area (Å²) in [5.74, 6) is -1.01. The van der Waals surface area contributed by atoms with Crippen LogP contribution in [0.3, 0.4) is 0 Å². The van der Waals surface area contributed by atoms with E-state index >= 15 is 0 Å². The molecule has 9 heteroatoms. The van der Waals surface area contributed by atoms with Crippen molar-refractivity contribution < 1.29 is 14.3 Å². The molecule has 0 unspecified atom stereocenters. The molecule has 0 saturated carbocycles. The number of benzene rings is 1. The van der Waals surface area contributed by atoms with E-state index in [2.05, 4.69) is 10.6 Å². The van der Waals surface area contributed by atoms with Gasteiger partial charge in [0.05, 0.1) is 12.5 Å². The number of nitrogens with one attached hydrogen (secondary N) is 3. The molecule has 0 aromatic heterocycles. The first-order valence-corrected chi connectivity index (χ1v) is 6.84. The number of hydrogen-bond donors (Lipinski definition) is 3. The third-order valence-electron chi connectivity index (χ3n) is 2.23. The lowest BCUT2D eigenvalue weighted by Crippen LogP contribution is -2.44. The molecule has 0 atom stereocenters. The lowest BCUT2D eigenvalue weighted by atomic mass is 10.1. The van der Waals surface area contributed by atoms with E-state index in [-0.39, 0.29) is 24.9 Å². The number of hydrogen-bond acceptors (Lipinski definition) is 4. The fraction of sp³-hybridized carbons (Fsp3) is 0.308. The topological polar surface area (TPSA) is 91.3 Å². The normalized spacial score (nSPS) is 9.68. The molecule has 0 spiro atoms. The monoisotopic (exact) mass is 367 g/mol. The molecule has 22 heavy (non-hydrogen) atoms. The summed E-state index contributed by atoms with van der Waals surface area (Å²) in [6, 6.07) is 4.89. The minimum Gasteiger partial charge on any atom is -0.447 e. The minimum absolute atomic E-state index is 0. The number of guanidine groups is 1. The number of halogens is 3. The number of carbonyl (C=O) groups is 2. The quantitative estimate of drug-likeness (QED) is 0.565. The number of rotatable bonds is 3. The maximum absolute atomic E-state index is 11.8. The highest BCUT2D eigenvalue weighted by molar-refractivity contribution is 6.36. The van der Waals surface area contributed by atoms with Gasteiger partial charge in [-0.1, -0.05) is 29.3 Å². The summed E-state index contributed by atoms with van der Waals surface area (Å²) in [6.07, 6.45) is -1.25. The Kier molecular flexibility index (Phi) is 8.86. The zero-order valence-electron chi connectivity index (χ0n) is 11.9. The Hall–Kier alpha value is -1.50. The lowest BCUT2D eigenvalue weighted by molar-refractivity contribution is -0.119. The molecular formula is C13H16Cl3N3O3. The third-order valence-corrected chi connectivity index (χ3v) is 2.94. The summed E-state index contributed by atoms with van der Waals surface area (Å²) in [5, 5.41) is 12.5. The first kappa shape index (κ1) is 20.5. The molecule has 0 fully saturated rings. The molecule has 0 radical (unpaired) electrons. The van der Waals surface area contributed by atoms with Crippen molar-refractivity contribution in [2.45, 2.75) is 26.4 Å². The van der Waals surface area contributed by atoms with Crippen molar-refractivity contribution >= 4 is 53.6 Å². The lowest BCUT2D eigenvalue weighted by Gasteiger charge is -2.11. The molecule has 0 aliphatic carbocycles. The summed E-state index contributed by atoms with van der Waals surface area (Å²) >= 11 is 11.9. The van der Waals surface area contributed by atoms with Crippen molar-refractivity contribution in [3.05, 3.63) is 33.8 Å². The van der Waals surface area contributed by atoms with E-state index in [1.807, 2.05) is 0 Å². The molecule has 6 nitrogen and oxygen atoms in total. The van der Waals surface area contributed by atoms with Crippen LogP contribution in [0.4, 0.5) is 4.79 Å². The van der Waals surface area contributed by atoms with E-state index in [0.29, 0.717) is 15.6 Å². The molecule has 0 aliphatic heterocycles. The summed E-state index contributed by atoms with van der Waals surface area (Å²) in [6.45, 7) is 3.34. The Morgan fingerprint density at radius 2 is 1.77 bits per heavy atom. The Morgan fingerprint density at radius 1 is 1.23 bits per heavy atom. The van der Waals surface area contributed by atoms with Gasteiger partial charge in [0.2, 0.25) is 11.9 Å². The second-order valence-electron chi connectivity index (χ2n) is 4.38. The van der Waals surface area contributed by atoms with E-state index in [9.17, 15) is 9.59 Å². The molecule has 1 aromatic carbocycles. The second-order valence-corrected chi connectivity index (χ2v) is 5.19. The molecule has 0 saturated heterocycles. The van der Waals surface area contributed by atoms with Crippen molar-refractivity contribution in [3.8, 4) is 0 Å². The number of amides is 2. The standard InChI is InChI=1S/C13H15Cl2N3O3.ClH/c1-7(2)21-13(20)18-12(16)17-11(19)6-8-9(14)4-3-5-10(8)15;/h3-5,7H,6H2,1-2H3,(H3,16,17,18,19,20);1H. The molecule has 1 aromatic rings. The number of ether oxygens (including phenoxy) is 1. The summed E-state index contributed by atoms with van der Waals surface area (Å²) < 4.78 is 4.77. The zero-order valence-corrected chi connectivity index (χ0v) is 14.2. The average molecular weight is 369 g/mol. The Balaban J connectivity index is 0.00000441. The Labute approximate surface area is 144 Å². The Morgan fingerprint density at radius 3 is 2.27 bits per heavy atom. The molecule has 3 N–H and O–H groups in total. The molecule has 0 aliphatic rings. The van der Waals surface area contributed by atoms with E-state index in [0.717, 1.165) is 0 Å².